The quantitative estimate of drug-likeness (QED) is 0.617. The summed E-state index contributed by atoms with van der Waals surface area (Å²) in [6.45, 7) is 8.29. The van der Waals surface area contributed by atoms with E-state index in [1.807, 2.05) is 20.8 Å². The lowest BCUT2D eigenvalue weighted by atomic mass is 10.0. The van der Waals surface area contributed by atoms with Crippen LogP contribution >= 0.6 is 0 Å². The average molecular weight is 482 g/mol. The highest BCUT2D eigenvalue weighted by Gasteiger charge is 2.35. The number of halogens is 3. The summed E-state index contributed by atoms with van der Waals surface area (Å²) in [7, 11) is 1.49. The molecule has 1 amide bonds. The van der Waals surface area contributed by atoms with Crippen molar-refractivity contribution >= 4 is 17.8 Å². The fourth-order valence-electron chi connectivity index (χ4n) is 2.63. The van der Waals surface area contributed by atoms with Crippen LogP contribution in [-0.4, -0.2) is 48.2 Å². The Balaban J connectivity index is 0.00000281. The van der Waals surface area contributed by atoms with Gasteiger partial charge in [0.25, 0.3) is 5.91 Å². The van der Waals surface area contributed by atoms with Gasteiger partial charge in [-0.2, -0.15) is 18.4 Å². The van der Waals surface area contributed by atoms with Crippen LogP contribution in [0.25, 0.3) is 0 Å². The molecule has 0 radical (unpaired) electrons. The number of aliphatic imine (C=N–C) groups is 1. The van der Waals surface area contributed by atoms with E-state index >= 15 is 0 Å². The van der Waals surface area contributed by atoms with Gasteiger partial charge in [0.2, 0.25) is 0 Å². The van der Waals surface area contributed by atoms with Gasteiger partial charge in [-0.3, -0.25) is 9.79 Å². The maximum atomic E-state index is 13.1. The molecule has 1 aliphatic heterocycles. The minimum absolute atomic E-state index is 0.153. The fraction of sp³-hybridized carbons (Fsp3) is 0.458. The molecular formula is C24H30F3N3O4. The number of nitrogens with one attached hydrogen (secondary N) is 1. The predicted octanol–water partition coefficient (Wildman–Crippen LogP) is 4.63. The third-order valence-electron chi connectivity index (χ3n) is 4.69. The molecule has 34 heavy (non-hydrogen) atoms. The Bertz CT molecular complexity index is 994. The first-order chi connectivity index (χ1) is 15.8. The summed E-state index contributed by atoms with van der Waals surface area (Å²) in [5.41, 5.74) is -4.93. The standard InChI is InChI=1S/C22H24F3N3O4.C2H6/c1-14-5-8-17(10-20(2,31-4)12-27-14)32-13-21(3,30)19(29)28-16-7-6-15(11-26)18(9-16)22(23,24)25;1-2/h5-10,12,14,30H,13H2,1-4H3,(H,28,29);1-2H3/b8-5-,17-10+,27-12?;. The minimum atomic E-state index is -4.77. The zero-order chi connectivity index (χ0) is 26.2. The Morgan fingerprint density at radius 3 is 2.56 bits per heavy atom. The molecule has 3 unspecified atom stereocenters. The van der Waals surface area contributed by atoms with Gasteiger partial charge >= 0.3 is 6.18 Å². The molecule has 7 nitrogen and oxygen atoms in total. The van der Waals surface area contributed by atoms with E-state index in [4.69, 9.17) is 14.7 Å². The zero-order valence-corrected chi connectivity index (χ0v) is 20.0. The molecule has 1 aliphatic rings. The van der Waals surface area contributed by atoms with Gasteiger partial charge in [0.1, 0.15) is 18.0 Å². The molecule has 10 heteroatoms. The zero-order valence-electron chi connectivity index (χ0n) is 20.0. The van der Waals surface area contributed by atoms with Crippen LogP contribution in [0.1, 0.15) is 45.7 Å². The number of rotatable bonds is 6. The Hall–Kier alpha value is -3.16. The lowest BCUT2D eigenvalue weighted by molar-refractivity contribution is -0.138. The third-order valence-corrected chi connectivity index (χ3v) is 4.69. The molecule has 0 saturated carbocycles. The van der Waals surface area contributed by atoms with E-state index in [0.717, 1.165) is 12.1 Å². The molecular weight excluding hydrogens is 451 g/mol. The molecule has 2 rings (SSSR count). The molecule has 0 spiro atoms. The number of hydrogen-bond donors (Lipinski definition) is 2. The minimum Gasteiger partial charge on any atom is -0.490 e. The number of anilines is 1. The monoisotopic (exact) mass is 481 g/mol. The Morgan fingerprint density at radius 2 is 2.00 bits per heavy atom. The first kappa shape index (κ1) is 28.9. The highest BCUT2D eigenvalue weighted by atomic mass is 19.4. The average Bonchev–Trinajstić information content (AvgIpc) is 2.79. The number of aliphatic hydroxyl groups is 1. The van der Waals surface area contributed by atoms with E-state index in [2.05, 4.69) is 10.3 Å². The molecule has 1 aromatic rings. The van der Waals surface area contributed by atoms with Crippen LogP contribution in [0.2, 0.25) is 0 Å². The summed E-state index contributed by atoms with van der Waals surface area (Å²) in [6.07, 6.45) is 1.83. The first-order valence-corrected chi connectivity index (χ1v) is 10.6. The van der Waals surface area contributed by atoms with Crippen LogP contribution in [0, 0.1) is 11.3 Å². The summed E-state index contributed by atoms with van der Waals surface area (Å²) in [6, 6.07) is 4.04. The number of methoxy groups -OCH3 is 1. The van der Waals surface area contributed by atoms with Crippen molar-refractivity contribution in [3.8, 4) is 6.07 Å². The van der Waals surface area contributed by atoms with Crippen molar-refractivity contribution in [3.05, 3.63) is 53.3 Å². The largest absolute Gasteiger partial charge is 0.490 e. The van der Waals surface area contributed by atoms with Crippen LogP contribution in [0.3, 0.4) is 0 Å². The number of carbonyl (C=O) groups is 1. The van der Waals surface area contributed by atoms with Gasteiger partial charge in [-0.25, -0.2) is 0 Å². The molecule has 1 aromatic carbocycles. The Kier molecular flexibility index (Phi) is 10.0. The molecule has 1 heterocycles. The van der Waals surface area contributed by atoms with E-state index in [1.165, 1.54) is 20.1 Å². The van der Waals surface area contributed by atoms with Gasteiger partial charge in [0, 0.05) is 19.0 Å². The smallest absolute Gasteiger partial charge is 0.417 e. The molecule has 0 saturated heterocycles. The molecule has 2 N–H and O–H groups in total. The second-order valence-corrected chi connectivity index (χ2v) is 7.70. The number of nitrogens with zero attached hydrogens (tertiary/aromatic N) is 2. The number of alkyl halides is 3. The van der Waals surface area contributed by atoms with Crippen molar-refractivity contribution in [3.63, 3.8) is 0 Å². The number of benzene rings is 1. The Labute approximate surface area is 197 Å². The van der Waals surface area contributed by atoms with Crippen molar-refractivity contribution < 1.29 is 32.5 Å². The summed E-state index contributed by atoms with van der Waals surface area (Å²) in [5.74, 6) is -0.659. The van der Waals surface area contributed by atoms with Gasteiger partial charge in [-0.15, -0.1) is 0 Å². The maximum absolute atomic E-state index is 13.1. The van der Waals surface area contributed by atoms with Crippen molar-refractivity contribution in [2.24, 2.45) is 4.99 Å². The molecule has 0 aliphatic carbocycles. The summed E-state index contributed by atoms with van der Waals surface area (Å²) < 4.78 is 50.4. The maximum Gasteiger partial charge on any atom is 0.417 e. The van der Waals surface area contributed by atoms with Crippen LogP contribution < -0.4 is 5.32 Å². The number of nitriles is 1. The highest BCUT2D eigenvalue weighted by Crippen LogP contribution is 2.33. The number of allylic oxidation sites excluding steroid dienone is 1. The third kappa shape index (κ3) is 8.01. The van der Waals surface area contributed by atoms with Crippen LogP contribution in [0.5, 0.6) is 0 Å². The topological polar surface area (TPSA) is 104 Å². The van der Waals surface area contributed by atoms with Gasteiger partial charge in [0.05, 0.1) is 23.2 Å². The second kappa shape index (κ2) is 11.8. The lowest BCUT2D eigenvalue weighted by Gasteiger charge is -2.26. The normalized spacial score (nSPS) is 24.0. The van der Waals surface area contributed by atoms with Crippen molar-refractivity contribution in [2.75, 3.05) is 19.0 Å². The number of ether oxygens (including phenoxy) is 2. The molecule has 0 aromatic heterocycles. The van der Waals surface area contributed by atoms with Crippen molar-refractivity contribution in [1.82, 2.24) is 0 Å². The van der Waals surface area contributed by atoms with E-state index in [-0.39, 0.29) is 11.7 Å². The molecule has 3 atom stereocenters. The van der Waals surface area contributed by atoms with Crippen LogP contribution in [0.4, 0.5) is 18.9 Å². The van der Waals surface area contributed by atoms with E-state index < -0.39 is 41.0 Å². The summed E-state index contributed by atoms with van der Waals surface area (Å²) in [4.78, 5) is 16.8. The van der Waals surface area contributed by atoms with Gasteiger partial charge in [-0.05, 0) is 51.1 Å². The van der Waals surface area contributed by atoms with Crippen LogP contribution in [0.15, 0.2) is 47.2 Å². The predicted molar refractivity (Wildman–Crippen MR) is 123 cm³/mol. The number of amides is 1. The van der Waals surface area contributed by atoms with E-state index in [0.29, 0.717) is 11.8 Å². The first-order valence-electron chi connectivity index (χ1n) is 10.6. The Morgan fingerprint density at radius 1 is 1.35 bits per heavy atom. The molecule has 0 fully saturated rings. The lowest BCUT2D eigenvalue weighted by Crippen LogP contribution is -2.44. The van der Waals surface area contributed by atoms with E-state index in [9.17, 15) is 23.1 Å². The fourth-order valence-corrected chi connectivity index (χ4v) is 2.63. The summed E-state index contributed by atoms with van der Waals surface area (Å²) in [5, 5.41) is 21.6. The molecule has 0 bridgehead atoms. The van der Waals surface area contributed by atoms with Crippen molar-refractivity contribution in [1.29, 1.82) is 5.26 Å². The summed E-state index contributed by atoms with van der Waals surface area (Å²) >= 11 is 0. The number of carbonyl (C=O) groups excluding carboxylic acids is 1. The number of hydrogen-bond acceptors (Lipinski definition) is 6. The van der Waals surface area contributed by atoms with Crippen molar-refractivity contribution in [2.45, 2.75) is 58.0 Å². The SMILES string of the molecule is CC.COC1(C)C=NC(C)/C=C\C(OCC(C)(O)C(=O)Nc2ccc(C#N)c(C(F)(F)F)c2)=C/1. The second-order valence-electron chi connectivity index (χ2n) is 7.70. The van der Waals surface area contributed by atoms with Crippen LogP contribution in [-0.2, 0) is 20.4 Å². The highest BCUT2D eigenvalue weighted by molar-refractivity contribution is 5.97. The molecule has 186 valence electrons. The van der Waals surface area contributed by atoms with Gasteiger partial charge in [-0.1, -0.05) is 19.9 Å². The van der Waals surface area contributed by atoms with Gasteiger partial charge < -0.3 is 19.9 Å². The van der Waals surface area contributed by atoms with E-state index in [1.54, 1.807) is 31.4 Å². The van der Waals surface area contributed by atoms with Gasteiger partial charge in [0.15, 0.2) is 5.60 Å².